The average molecular weight is 377 g/mol. The molecule has 0 spiro atoms. The monoisotopic (exact) mass is 377 g/mol. The molecule has 0 radical (unpaired) electrons. The molecular formula is C21H29F2N3O. The first-order valence-electron chi connectivity index (χ1n) is 10.0. The van der Waals surface area contributed by atoms with Gasteiger partial charge in [0.05, 0.1) is 13.2 Å². The standard InChI is InChI=1S/C21H29F2N3O/c1-2-27-14-19-12-21(22,23)15-26(19)18-6-9-25(10-7-18)13-16-3-4-17-5-8-24-20(17)11-16/h3-5,8,11,18-19,24H,2,6-7,9-10,12-15H2,1H3/t19-/m0/s1. The first kappa shape index (κ1) is 18.8. The number of nitrogens with one attached hydrogen (secondary N) is 1. The Hall–Kier alpha value is -1.50. The van der Waals surface area contributed by atoms with E-state index in [-0.39, 0.29) is 25.0 Å². The summed E-state index contributed by atoms with van der Waals surface area (Å²) in [4.78, 5) is 7.73. The van der Waals surface area contributed by atoms with Gasteiger partial charge in [0.1, 0.15) is 0 Å². The van der Waals surface area contributed by atoms with Crippen LogP contribution in [0.2, 0.25) is 0 Å². The number of nitrogens with zero attached hydrogens (tertiary/aromatic N) is 2. The van der Waals surface area contributed by atoms with Crippen LogP contribution in [0.5, 0.6) is 0 Å². The number of piperidine rings is 1. The topological polar surface area (TPSA) is 31.5 Å². The van der Waals surface area contributed by atoms with Crippen LogP contribution in [0.25, 0.3) is 10.9 Å². The third kappa shape index (κ3) is 4.33. The quantitative estimate of drug-likeness (QED) is 0.829. The minimum Gasteiger partial charge on any atom is -0.380 e. The largest absolute Gasteiger partial charge is 0.380 e. The van der Waals surface area contributed by atoms with E-state index in [1.54, 1.807) is 0 Å². The lowest BCUT2D eigenvalue weighted by molar-refractivity contribution is 0.00236. The lowest BCUT2D eigenvalue weighted by Gasteiger charge is -2.39. The van der Waals surface area contributed by atoms with E-state index in [9.17, 15) is 8.78 Å². The number of aromatic amines is 1. The third-order valence-corrected chi connectivity index (χ3v) is 5.98. The van der Waals surface area contributed by atoms with E-state index in [0.29, 0.717) is 13.2 Å². The van der Waals surface area contributed by atoms with Gasteiger partial charge in [-0.2, -0.15) is 0 Å². The molecule has 2 aliphatic rings. The van der Waals surface area contributed by atoms with E-state index < -0.39 is 5.92 Å². The number of hydrogen-bond acceptors (Lipinski definition) is 3. The zero-order chi connectivity index (χ0) is 18.9. The molecule has 2 fully saturated rings. The van der Waals surface area contributed by atoms with Crippen LogP contribution in [0, 0.1) is 0 Å². The number of rotatable bonds is 6. The summed E-state index contributed by atoms with van der Waals surface area (Å²) in [6.45, 7) is 5.63. The van der Waals surface area contributed by atoms with Crippen LogP contribution in [-0.4, -0.2) is 65.6 Å². The summed E-state index contributed by atoms with van der Waals surface area (Å²) in [5.41, 5.74) is 2.46. The van der Waals surface area contributed by atoms with Gasteiger partial charge >= 0.3 is 0 Å². The third-order valence-electron chi connectivity index (χ3n) is 5.98. The van der Waals surface area contributed by atoms with Crippen molar-refractivity contribution in [1.82, 2.24) is 14.8 Å². The van der Waals surface area contributed by atoms with Gasteiger partial charge in [-0.05, 0) is 55.9 Å². The molecule has 4 rings (SSSR count). The summed E-state index contributed by atoms with van der Waals surface area (Å²) in [7, 11) is 0. The SMILES string of the molecule is CCOC[C@@H]1CC(F)(F)CN1C1CCN(Cc2ccc3cc[nH]c3c2)CC1. The molecule has 1 aromatic heterocycles. The lowest BCUT2D eigenvalue weighted by atomic mass is 10.0. The molecule has 148 valence electrons. The molecule has 4 nitrogen and oxygen atoms in total. The maximum absolute atomic E-state index is 14.0. The first-order chi connectivity index (χ1) is 13.0. The normalized spacial score (nSPS) is 24.8. The van der Waals surface area contributed by atoms with Gasteiger partial charge < -0.3 is 9.72 Å². The molecule has 6 heteroatoms. The molecule has 2 aliphatic heterocycles. The number of alkyl halides is 2. The average Bonchev–Trinajstić information content (AvgIpc) is 3.23. The molecule has 1 atom stereocenters. The summed E-state index contributed by atoms with van der Waals surface area (Å²) in [5.74, 6) is -2.58. The highest BCUT2D eigenvalue weighted by molar-refractivity contribution is 5.79. The van der Waals surface area contributed by atoms with E-state index in [0.717, 1.165) is 32.5 Å². The van der Waals surface area contributed by atoms with Gasteiger partial charge in [0.25, 0.3) is 5.92 Å². The van der Waals surface area contributed by atoms with E-state index in [1.807, 2.05) is 18.0 Å². The van der Waals surface area contributed by atoms with Gasteiger partial charge in [-0.15, -0.1) is 0 Å². The Morgan fingerprint density at radius 3 is 2.81 bits per heavy atom. The van der Waals surface area contributed by atoms with Gasteiger partial charge in [-0.25, -0.2) is 8.78 Å². The Morgan fingerprint density at radius 1 is 1.22 bits per heavy atom. The van der Waals surface area contributed by atoms with Gasteiger partial charge in [-0.1, -0.05) is 12.1 Å². The molecule has 2 aromatic rings. The molecule has 0 saturated carbocycles. The summed E-state index contributed by atoms with van der Waals surface area (Å²) < 4.78 is 33.4. The van der Waals surface area contributed by atoms with Crippen molar-refractivity contribution in [3.05, 3.63) is 36.0 Å². The van der Waals surface area contributed by atoms with Gasteiger partial charge in [0.15, 0.2) is 0 Å². The highest BCUT2D eigenvalue weighted by atomic mass is 19.3. The van der Waals surface area contributed by atoms with Gasteiger partial charge in [0, 0.05) is 43.4 Å². The highest BCUT2D eigenvalue weighted by Crippen LogP contribution is 2.36. The van der Waals surface area contributed by atoms with Gasteiger partial charge in [-0.3, -0.25) is 9.80 Å². The second kappa shape index (κ2) is 7.86. The Balaban J connectivity index is 1.33. The Labute approximate surface area is 159 Å². The van der Waals surface area contributed by atoms with Crippen LogP contribution in [-0.2, 0) is 11.3 Å². The molecule has 27 heavy (non-hydrogen) atoms. The van der Waals surface area contributed by atoms with Crippen molar-refractivity contribution < 1.29 is 13.5 Å². The smallest absolute Gasteiger partial charge is 0.262 e. The Kier molecular flexibility index (Phi) is 5.48. The maximum atomic E-state index is 14.0. The highest BCUT2D eigenvalue weighted by Gasteiger charge is 2.47. The zero-order valence-electron chi connectivity index (χ0n) is 16.0. The summed E-state index contributed by atoms with van der Waals surface area (Å²) in [6.07, 6.45) is 3.79. The van der Waals surface area contributed by atoms with Crippen molar-refractivity contribution in [3.8, 4) is 0 Å². The second-order valence-electron chi connectivity index (χ2n) is 7.95. The molecule has 0 unspecified atom stereocenters. The Morgan fingerprint density at radius 2 is 2.04 bits per heavy atom. The molecule has 0 bridgehead atoms. The number of fused-ring (bicyclic) bond motifs is 1. The fourth-order valence-corrected chi connectivity index (χ4v) is 4.62. The van der Waals surface area contributed by atoms with Crippen LogP contribution in [0.4, 0.5) is 8.78 Å². The van der Waals surface area contributed by atoms with Crippen molar-refractivity contribution in [3.63, 3.8) is 0 Å². The maximum Gasteiger partial charge on any atom is 0.262 e. The summed E-state index contributed by atoms with van der Waals surface area (Å²) in [6, 6.07) is 8.72. The van der Waals surface area contributed by atoms with Crippen molar-refractivity contribution in [2.24, 2.45) is 0 Å². The molecule has 0 amide bonds. The number of benzene rings is 1. The second-order valence-corrected chi connectivity index (χ2v) is 7.95. The van der Waals surface area contributed by atoms with E-state index in [4.69, 9.17) is 4.74 Å². The number of likely N-dealkylation sites (tertiary alicyclic amines) is 2. The first-order valence-corrected chi connectivity index (χ1v) is 10.0. The number of hydrogen-bond donors (Lipinski definition) is 1. The number of halogens is 2. The Bertz CT molecular complexity index is 755. The zero-order valence-corrected chi connectivity index (χ0v) is 16.0. The van der Waals surface area contributed by atoms with Crippen LogP contribution in [0.15, 0.2) is 30.5 Å². The van der Waals surface area contributed by atoms with Crippen LogP contribution >= 0.6 is 0 Å². The number of aromatic nitrogens is 1. The summed E-state index contributed by atoms with van der Waals surface area (Å²) in [5, 5.41) is 1.23. The van der Waals surface area contributed by atoms with Crippen molar-refractivity contribution in [2.45, 2.75) is 50.7 Å². The molecular weight excluding hydrogens is 348 g/mol. The molecule has 3 heterocycles. The molecule has 0 aliphatic carbocycles. The van der Waals surface area contributed by atoms with E-state index in [1.165, 1.54) is 16.5 Å². The fraction of sp³-hybridized carbons (Fsp3) is 0.619. The van der Waals surface area contributed by atoms with Gasteiger partial charge in [0.2, 0.25) is 0 Å². The fourth-order valence-electron chi connectivity index (χ4n) is 4.62. The molecule has 2 saturated heterocycles. The van der Waals surface area contributed by atoms with Crippen LogP contribution < -0.4 is 0 Å². The van der Waals surface area contributed by atoms with E-state index in [2.05, 4.69) is 34.1 Å². The molecule has 1 aromatic carbocycles. The number of ether oxygens (including phenoxy) is 1. The minimum atomic E-state index is -2.58. The predicted molar refractivity (Wildman–Crippen MR) is 103 cm³/mol. The van der Waals surface area contributed by atoms with Crippen molar-refractivity contribution in [1.29, 1.82) is 0 Å². The van der Waals surface area contributed by atoms with Crippen molar-refractivity contribution >= 4 is 10.9 Å². The van der Waals surface area contributed by atoms with Crippen LogP contribution in [0.3, 0.4) is 0 Å². The predicted octanol–water partition coefficient (Wildman–Crippen LogP) is 3.88. The molecule has 1 N–H and O–H groups in total. The van der Waals surface area contributed by atoms with E-state index >= 15 is 0 Å². The minimum absolute atomic E-state index is 0.0661. The number of H-pyrrole nitrogens is 1. The van der Waals surface area contributed by atoms with Crippen LogP contribution in [0.1, 0.15) is 31.7 Å². The summed E-state index contributed by atoms with van der Waals surface area (Å²) >= 11 is 0. The van der Waals surface area contributed by atoms with Crippen molar-refractivity contribution in [2.75, 3.05) is 32.8 Å². The lowest BCUT2D eigenvalue weighted by Crippen LogP contribution is -2.48.